The van der Waals surface area contributed by atoms with Crippen molar-refractivity contribution in [2.45, 2.75) is 26.3 Å². The molecule has 0 aliphatic carbocycles. The first-order valence-electron chi connectivity index (χ1n) is 7.06. The first-order chi connectivity index (χ1) is 11.0. The maximum atomic E-state index is 11.2. The van der Waals surface area contributed by atoms with E-state index in [4.69, 9.17) is 4.52 Å². The van der Waals surface area contributed by atoms with Crippen LogP contribution in [0.15, 0.2) is 41.2 Å². The van der Waals surface area contributed by atoms with E-state index < -0.39 is 5.54 Å². The van der Waals surface area contributed by atoms with E-state index in [0.717, 1.165) is 11.3 Å². The molecule has 0 unspecified atom stereocenters. The molecular weight excluding hydrogens is 296 g/mol. The van der Waals surface area contributed by atoms with Gasteiger partial charge < -0.3 is 9.84 Å². The van der Waals surface area contributed by atoms with E-state index in [1.165, 1.54) is 6.92 Å². The van der Waals surface area contributed by atoms with Crippen LogP contribution in [0.5, 0.6) is 0 Å². The molecule has 0 atom stereocenters. The third kappa shape index (κ3) is 3.10. The normalized spacial score (nSPS) is 11.4. The minimum Gasteiger partial charge on any atom is -0.344 e. The van der Waals surface area contributed by atoms with Gasteiger partial charge in [0, 0.05) is 12.5 Å². The predicted molar refractivity (Wildman–Crippen MR) is 81.5 cm³/mol. The average molecular weight is 312 g/mol. The number of nitrogens with one attached hydrogen (secondary N) is 1. The first-order valence-corrected chi connectivity index (χ1v) is 7.06. The van der Waals surface area contributed by atoms with Gasteiger partial charge in [0.25, 0.3) is 5.89 Å². The maximum absolute atomic E-state index is 11.2. The van der Waals surface area contributed by atoms with Crippen LogP contribution >= 0.6 is 0 Å². The molecule has 0 bridgehead atoms. The number of amides is 1. The molecular formula is C15H16N6O2. The van der Waals surface area contributed by atoms with Crippen LogP contribution in [0.1, 0.15) is 26.6 Å². The second kappa shape index (κ2) is 5.64. The van der Waals surface area contributed by atoms with Gasteiger partial charge in [-0.3, -0.25) is 4.79 Å². The van der Waals surface area contributed by atoms with Gasteiger partial charge in [-0.1, -0.05) is 10.4 Å². The van der Waals surface area contributed by atoms with Crippen molar-refractivity contribution >= 4 is 5.91 Å². The van der Waals surface area contributed by atoms with Gasteiger partial charge in [-0.05, 0) is 38.1 Å². The second-order valence-corrected chi connectivity index (χ2v) is 5.62. The Hall–Kier alpha value is -3.03. The number of benzene rings is 1. The molecule has 1 amide bonds. The SMILES string of the molecule is CC(=O)NC(C)(C)c1noc(-c2ccc(-n3ccnn3)cc2)n1. The van der Waals surface area contributed by atoms with Gasteiger partial charge in [0.2, 0.25) is 5.91 Å². The van der Waals surface area contributed by atoms with E-state index in [9.17, 15) is 4.79 Å². The predicted octanol–water partition coefficient (Wildman–Crippen LogP) is 1.69. The molecule has 1 aromatic carbocycles. The van der Waals surface area contributed by atoms with E-state index in [-0.39, 0.29) is 5.91 Å². The van der Waals surface area contributed by atoms with Crippen molar-refractivity contribution in [1.29, 1.82) is 0 Å². The largest absolute Gasteiger partial charge is 0.344 e. The molecule has 0 spiro atoms. The molecule has 0 saturated carbocycles. The lowest BCUT2D eigenvalue weighted by Crippen LogP contribution is -2.40. The highest BCUT2D eigenvalue weighted by Gasteiger charge is 2.27. The van der Waals surface area contributed by atoms with Gasteiger partial charge in [-0.2, -0.15) is 4.98 Å². The standard InChI is InChI=1S/C15H16N6O2/c1-10(22)18-15(2,3)14-17-13(23-19-14)11-4-6-12(7-5-11)21-9-8-16-20-21/h4-9H,1-3H3,(H,18,22). The van der Waals surface area contributed by atoms with Gasteiger partial charge >= 0.3 is 0 Å². The number of hydrogen-bond acceptors (Lipinski definition) is 6. The lowest BCUT2D eigenvalue weighted by Gasteiger charge is -2.20. The Kier molecular flexibility index (Phi) is 3.65. The molecule has 0 saturated heterocycles. The van der Waals surface area contributed by atoms with Crippen LogP contribution in [-0.2, 0) is 10.3 Å². The number of rotatable bonds is 4. The van der Waals surface area contributed by atoms with Crippen molar-refractivity contribution in [3.05, 3.63) is 42.5 Å². The zero-order chi connectivity index (χ0) is 16.4. The van der Waals surface area contributed by atoms with E-state index in [1.54, 1.807) is 17.1 Å². The van der Waals surface area contributed by atoms with Gasteiger partial charge in [-0.25, -0.2) is 4.68 Å². The first kappa shape index (κ1) is 14.9. The molecule has 23 heavy (non-hydrogen) atoms. The lowest BCUT2D eigenvalue weighted by molar-refractivity contribution is -0.120. The second-order valence-electron chi connectivity index (χ2n) is 5.62. The van der Waals surface area contributed by atoms with Crippen LogP contribution in [-0.4, -0.2) is 31.0 Å². The van der Waals surface area contributed by atoms with E-state index in [2.05, 4.69) is 25.8 Å². The fraction of sp³-hybridized carbons (Fsp3) is 0.267. The summed E-state index contributed by atoms with van der Waals surface area (Å²) in [6.45, 7) is 5.08. The number of carbonyl (C=O) groups is 1. The van der Waals surface area contributed by atoms with Crippen molar-refractivity contribution in [3.63, 3.8) is 0 Å². The Labute approximate surface area is 132 Å². The summed E-state index contributed by atoms with van der Waals surface area (Å²) in [5, 5.41) is 14.4. The fourth-order valence-electron chi connectivity index (χ4n) is 2.19. The van der Waals surface area contributed by atoms with E-state index >= 15 is 0 Å². The Bertz CT molecular complexity index is 805. The summed E-state index contributed by atoms with van der Waals surface area (Å²) in [7, 11) is 0. The molecule has 1 N–H and O–H groups in total. The zero-order valence-electron chi connectivity index (χ0n) is 13.0. The quantitative estimate of drug-likeness (QED) is 0.787. The van der Waals surface area contributed by atoms with Gasteiger partial charge in [-0.15, -0.1) is 5.10 Å². The van der Waals surface area contributed by atoms with Crippen molar-refractivity contribution in [2.75, 3.05) is 0 Å². The van der Waals surface area contributed by atoms with E-state index in [0.29, 0.717) is 11.7 Å². The Balaban J connectivity index is 1.84. The minimum atomic E-state index is -0.700. The topological polar surface area (TPSA) is 98.7 Å². The summed E-state index contributed by atoms with van der Waals surface area (Å²) >= 11 is 0. The maximum Gasteiger partial charge on any atom is 0.258 e. The molecule has 2 heterocycles. The molecule has 3 aromatic rings. The third-order valence-electron chi connectivity index (χ3n) is 3.27. The third-order valence-corrected chi connectivity index (χ3v) is 3.27. The molecule has 0 aliphatic heterocycles. The number of nitrogens with zero attached hydrogens (tertiary/aromatic N) is 5. The summed E-state index contributed by atoms with van der Waals surface area (Å²) < 4.78 is 6.96. The Morgan fingerprint density at radius 3 is 2.61 bits per heavy atom. The van der Waals surface area contributed by atoms with Crippen LogP contribution in [0.4, 0.5) is 0 Å². The summed E-state index contributed by atoms with van der Waals surface area (Å²) in [5.74, 6) is 0.658. The summed E-state index contributed by atoms with van der Waals surface area (Å²) in [5.41, 5.74) is 0.963. The van der Waals surface area contributed by atoms with Crippen molar-refractivity contribution in [2.24, 2.45) is 0 Å². The molecule has 0 fully saturated rings. The van der Waals surface area contributed by atoms with Gasteiger partial charge in [0.15, 0.2) is 5.82 Å². The number of hydrogen-bond donors (Lipinski definition) is 1. The van der Waals surface area contributed by atoms with Gasteiger partial charge in [0.05, 0.1) is 23.6 Å². The molecule has 0 aliphatic rings. The van der Waals surface area contributed by atoms with Crippen molar-refractivity contribution in [1.82, 2.24) is 30.5 Å². The Morgan fingerprint density at radius 2 is 2.00 bits per heavy atom. The molecule has 118 valence electrons. The summed E-state index contributed by atoms with van der Waals surface area (Å²) in [4.78, 5) is 15.6. The number of carbonyl (C=O) groups excluding carboxylic acids is 1. The lowest BCUT2D eigenvalue weighted by atomic mass is 10.1. The molecule has 8 heteroatoms. The van der Waals surface area contributed by atoms with E-state index in [1.807, 2.05) is 38.1 Å². The minimum absolute atomic E-state index is 0.154. The fourth-order valence-corrected chi connectivity index (χ4v) is 2.19. The monoisotopic (exact) mass is 312 g/mol. The zero-order valence-corrected chi connectivity index (χ0v) is 13.0. The Morgan fingerprint density at radius 1 is 1.26 bits per heavy atom. The van der Waals surface area contributed by atoms with Gasteiger partial charge in [0.1, 0.15) is 0 Å². The molecule has 0 radical (unpaired) electrons. The van der Waals surface area contributed by atoms with Crippen molar-refractivity contribution < 1.29 is 9.32 Å². The number of aromatic nitrogens is 5. The molecule has 2 aromatic heterocycles. The highest BCUT2D eigenvalue weighted by Crippen LogP contribution is 2.23. The van der Waals surface area contributed by atoms with Crippen LogP contribution < -0.4 is 5.32 Å². The molecule has 3 rings (SSSR count). The summed E-state index contributed by atoms with van der Waals surface area (Å²) in [6.07, 6.45) is 3.37. The van der Waals surface area contributed by atoms with Crippen LogP contribution in [0.3, 0.4) is 0 Å². The van der Waals surface area contributed by atoms with Crippen LogP contribution in [0, 0.1) is 0 Å². The van der Waals surface area contributed by atoms with Crippen LogP contribution in [0.2, 0.25) is 0 Å². The smallest absolute Gasteiger partial charge is 0.258 e. The average Bonchev–Trinajstić information content (AvgIpc) is 3.18. The van der Waals surface area contributed by atoms with Crippen LogP contribution in [0.25, 0.3) is 17.1 Å². The highest BCUT2D eigenvalue weighted by molar-refractivity contribution is 5.73. The molecule has 8 nitrogen and oxygen atoms in total. The highest BCUT2D eigenvalue weighted by atomic mass is 16.5. The summed E-state index contributed by atoms with van der Waals surface area (Å²) in [6, 6.07) is 7.49. The van der Waals surface area contributed by atoms with Crippen molar-refractivity contribution in [3.8, 4) is 17.1 Å².